The summed E-state index contributed by atoms with van der Waals surface area (Å²) in [5.74, 6) is -1.10. The van der Waals surface area contributed by atoms with E-state index in [1.54, 1.807) is 0 Å². The summed E-state index contributed by atoms with van der Waals surface area (Å²) < 4.78 is 17.8. The highest BCUT2D eigenvalue weighted by Gasteiger charge is 1.99. The van der Waals surface area contributed by atoms with Crippen LogP contribution in [0.2, 0.25) is 0 Å². The second kappa shape index (κ2) is 6.82. The number of amides is 1. The monoisotopic (exact) mass is 242 g/mol. The predicted molar refractivity (Wildman–Crippen MR) is 59.8 cm³/mol. The maximum absolute atomic E-state index is 12.9. The highest BCUT2D eigenvalue weighted by atomic mass is 19.1. The zero-order valence-corrected chi connectivity index (χ0v) is 9.28. The summed E-state index contributed by atoms with van der Waals surface area (Å²) in [6, 6.07) is 3.84. The quantitative estimate of drug-likeness (QED) is 0.593. The summed E-state index contributed by atoms with van der Waals surface area (Å²) in [5, 5.41) is 12.1. The lowest BCUT2D eigenvalue weighted by atomic mass is 10.2. The molecule has 0 unspecified atom stereocenters. The van der Waals surface area contributed by atoms with Gasteiger partial charge in [0.15, 0.2) is 0 Å². The van der Waals surface area contributed by atoms with Crippen molar-refractivity contribution in [1.82, 2.24) is 5.32 Å². The molecule has 0 saturated heterocycles. The van der Waals surface area contributed by atoms with Crippen LogP contribution in [0.15, 0.2) is 18.2 Å². The van der Waals surface area contributed by atoms with Gasteiger partial charge in [-0.3, -0.25) is 4.79 Å². The first-order valence-electron chi connectivity index (χ1n) is 5.13. The van der Waals surface area contributed by atoms with Crippen LogP contribution in [0.25, 0.3) is 0 Å². The second-order valence-corrected chi connectivity index (χ2v) is 3.51. The number of hydrogen-bond acceptors (Lipinski definition) is 4. The number of carbonyl (C=O) groups excluding carboxylic acids is 1. The van der Waals surface area contributed by atoms with Gasteiger partial charge in [0.05, 0.1) is 6.61 Å². The van der Waals surface area contributed by atoms with Crippen molar-refractivity contribution in [2.75, 3.05) is 19.8 Å². The second-order valence-electron chi connectivity index (χ2n) is 3.51. The fourth-order valence-electron chi connectivity index (χ4n) is 1.29. The molecule has 0 radical (unpaired) electrons. The topological polar surface area (TPSA) is 84.6 Å². The Hall–Kier alpha value is -1.66. The molecule has 6 heteroatoms. The standard InChI is InChI=1S/C11H15FN2O3/c12-9-3-8(4-10(15)5-9)6-14-1-2-17-7-11(13)16/h3-5,14-15H,1-2,6-7H2,(H2,13,16). The van der Waals surface area contributed by atoms with E-state index in [4.69, 9.17) is 15.6 Å². The minimum Gasteiger partial charge on any atom is -0.508 e. The van der Waals surface area contributed by atoms with Gasteiger partial charge in [0, 0.05) is 19.2 Å². The Balaban J connectivity index is 2.20. The third-order valence-electron chi connectivity index (χ3n) is 1.94. The number of phenolic OH excluding ortho intramolecular Hbond substituents is 1. The van der Waals surface area contributed by atoms with Crippen LogP contribution < -0.4 is 11.1 Å². The maximum atomic E-state index is 12.9. The van der Waals surface area contributed by atoms with E-state index < -0.39 is 11.7 Å². The van der Waals surface area contributed by atoms with E-state index >= 15 is 0 Å². The molecule has 0 aliphatic rings. The highest BCUT2D eigenvalue weighted by Crippen LogP contribution is 2.14. The Kier molecular flexibility index (Phi) is 5.38. The molecule has 0 fully saturated rings. The van der Waals surface area contributed by atoms with Crippen LogP contribution in [0.1, 0.15) is 5.56 Å². The van der Waals surface area contributed by atoms with Crippen LogP contribution in [0.5, 0.6) is 5.75 Å². The average molecular weight is 242 g/mol. The van der Waals surface area contributed by atoms with Gasteiger partial charge in [-0.25, -0.2) is 4.39 Å². The molecule has 17 heavy (non-hydrogen) atoms. The molecule has 1 aromatic carbocycles. The van der Waals surface area contributed by atoms with Crippen molar-refractivity contribution in [3.8, 4) is 5.75 Å². The molecule has 0 aliphatic carbocycles. The van der Waals surface area contributed by atoms with Gasteiger partial charge < -0.3 is 20.9 Å². The van der Waals surface area contributed by atoms with Crippen LogP contribution in [-0.4, -0.2) is 30.8 Å². The van der Waals surface area contributed by atoms with Gasteiger partial charge in [-0.1, -0.05) is 0 Å². The van der Waals surface area contributed by atoms with E-state index in [2.05, 4.69) is 5.32 Å². The van der Waals surface area contributed by atoms with Crippen LogP contribution in [-0.2, 0) is 16.1 Å². The summed E-state index contributed by atoms with van der Waals surface area (Å²) in [6.45, 7) is 1.14. The van der Waals surface area contributed by atoms with E-state index in [-0.39, 0.29) is 12.4 Å². The number of phenols is 1. The minimum atomic E-state index is -0.514. The average Bonchev–Trinajstić information content (AvgIpc) is 2.21. The molecular formula is C11H15FN2O3. The maximum Gasteiger partial charge on any atom is 0.243 e. The molecule has 0 spiro atoms. The summed E-state index contributed by atoms with van der Waals surface area (Å²) >= 11 is 0. The first-order chi connectivity index (χ1) is 8.08. The molecule has 1 rings (SSSR count). The van der Waals surface area contributed by atoms with E-state index in [1.807, 2.05) is 0 Å². The molecule has 5 nitrogen and oxygen atoms in total. The van der Waals surface area contributed by atoms with Gasteiger partial charge in [-0.2, -0.15) is 0 Å². The third-order valence-corrected chi connectivity index (χ3v) is 1.94. The van der Waals surface area contributed by atoms with Crippen molar-refractivity contribution >= 4 is 5.91 Å². The smallest absolute Gasteiger partial charge is 0.243 e. The van der Waals surface area contributed by atoms with Gasteiger partial charge in [0.1, 0.15) is 18.2 Å². The molecular weight excluding hydrogens is 227 g/mol. The number of ether oxygens (including phenoxy) is 1. The normalized spacial score (nSPS) is 10.4. The number of nitrogens with one attached hydrogen (secondary N) is 1. The fourth-order valence-corrected chi connectivity index (χ4v) is 1.29. The number of nitrogens with two attached hydrogens (primary N) is 1. The summed E-state index contributed by atoms with van der Waals surface area (Å²) in [7, 11) is 0. The molecule has 0 saturated carbocycles. The largest absolute Gasteiger partial charge is 0.508 e. The SMILES string of the molecule is NC(=O)COCCNCc1cc(O)cc(F)c1. The van der Waals surface area contributed by atoms with Crippen molar-refractivity contribution in [2.45, 2.75) is 6.54 Å². The number of hydrogen-bond donors (Lipinski definition) is 3. The first-order valence-corrected chi connectivity index (χ1v) is 5.13. The molecule has 4 N–H and O–H groups in total. The molecule has 0 bridgehead atoms. The van der Waals surface area contributed by atoms with Crippen LogP contribution in [0.4, 0.5) is 4.39 Å². The van der Waals surface area contributed by atoms with Crippen LogP contribution in [0.3, 0.4) is 0 Å². The number of rotatable bonds is 7. The Labute approximate surface area is 98.4 Å². The van der Waals surface area contributed by atoms with E-state index in [1.165, 1.54) is 12.1 Å². The van der Waals surface area contributed by atoms with E-state index in [0.29, 0.717) is 25.3 Å². The third kappa shape index (κ3) is 5.84. The molecule has 0 aromatic heterocycles. The number of primary amides is 1. The number of aromatic hydroxyl groups is 1. The Morgan fingerprint density at radius 1 is 1.47 bits per heavy atom. The summed E-state index contributed by atoms with van der Waals surface area (Å²) in [6.07, 6.45) is 0. The Bertz CT molecular complexity index is 365. The number of halogens is 1. The van der Waals surface area contributed by atoms with Crippen molar-refractivity contribution in [3.05, 3.63) is 29.6 Å². The molecule has 0 atom stereocenters. The lowest BCUT2D eigenvalue weighted by Gasteiger charge is -2.06. The van der Waals surface area contributed by atoms with Gasteiger partial charge in [0.25, 0.3) is 0 Å². The Morgan fingerprint density at radius 2 is 2.24 bits per heavy atom. The summed E-state index contributed by atoms with van der Waals surface area (Å²) in [4.78, 5) is 10.3. The molecule has 1 aromatic rings. The fraction of sp³-hybridized carbons (Fsp3) is 0.364. The van der Waals surface area contributed by atoms with Gasteiger partial charge in [-0.15, -0.1) is 0 Å². The molecule has 1 amide bonds. The first kappa shape index (κ1) is 13.4. The Morgan fingerprint density at radius 3 is 2.88 bits per heavy atom. The molecule has 0 aliphatic heterocycles. The van der Waals surface area contributed by atoms with Crippen LogP contribution >= 0.6 is 0 Å². The van der Waals surface area contributed by atoms with Gasteiger partial charge >= 0.3 is 0 Å². The van der Waals surface area contributed by atoms with Crippen molar-refractivity contribution < 1.29 is 19.0 Å². The lowest BCUT2D eigenvalue weighted by molar-refractivity contribution is -0.122. The number of benzene rings is 1. The van der Waals surface area contributed by atoms with E-state index in [0.717, 1.165) is 6.07 Å². The van der Waals surface area contributed by atoms with Gasteiger partial charge in [-0.05, 0) is 17.7 Å². The lowest BCUT2D eigenvalue weighted by Crippen LogP contribution is -2.23. The predicted octanol–water partition coefficient (Wildman–Crippen LogP) is 0.123. The summed E-state index contributed by atoms with van der Waals surface area (Å²) in [5.41, 5.74) is 5.51. The zero-order chi connectivity index (χ0) is 12.7. The van der Waals surface area contributed by atoms with Crippen LogP contribution in [0, 0.1) is 5.82 Å². The van der Waals surface area contributed by atoms with E-state index in [9.17, 15) is 9.18 Å². The molecule has 0 heterocycles. The van der Waals surface area contributed by atoms with Crippen molar-refractivity contribution in [3.63, 3.8) is 0 Å². The molecule has 94 valence electrons. The number of carbonyl (C=O) groups is 1. The zero-order valence-electron chi connectivity index (χ0n) is 9.28. The van der Waals surface area contributed by atoms with Gasteiger partial charge in [0.2, 0.25) is 5.91 Å². The van der Waals surface area contributed by atoms with Crippen molar-refractivity contribution in [2.24, 2.45) is 5.73 Å². The minimum absolute atomic E-state index is 0.105. The highest BCUT2D eigenvalue weighted by molar-refractivity contribution is 5.74. The van der Waals surface area contributed by atoms with Crippen molar-refractivity contribution in [1.29, 1.82) is 0 Å².